The molecule has 0 aliphatic rings. The van der Waals surface area contributed by atoms with Crippen LogP contribution in [0.15, 0.2) is 21.1 Å². The molecule has 0 radical (unpaired) electrons. The summed E-state index contributed by atoms with van der Waals surface area (Å²) in [7, 11) is 0. The highest BCUT2D eigenvalue weighted by molar-refractivity contribution is 9.13. The van der Waals surface area contributed by atoms with Crippen molar-refractivity contribution in [2.75, 3.05) is 0 Å². The predicted octanol–water partition coefficient (Wildman–Crippen LogP) is 4.71. The minimum absolute atomic E-state index is 0.159. The summed E-state index contributed by atoms with van der Waals surface area (Å²) < 4.78 is 29.7. The molecule has 0 fully saturated rings. The van der Waals surface area contributed by atoms with Crippen LogP contribution in [-0.4, -0.2) is 6.61 Å². The summed E-state index contributed by atoms with van der Waals surface area (Å²) in [6.45, 7) is -2.82. The lowest BCUT2D eigenvalue weighted by molar-refractivity contribution is -0.0508. The van der Waals surface area contributed by atoms with E-state index in [1.165, 1.54) is 0 Å². The fourth-order valence-corrected chi connectivity index (χ4v) is 2.13. The van der Waals surface area contributed by atoms with Crippen molar-refractivity contribution in [3.8, 4) is 5.75 Å². The minimum atomic E-state index is -2.82. The molecule has 1 rings (SSSR count). The van der Waals surface area contributed by atoms with Gasteiger partial charge in [-0.25, -0.2) is 0 Å². The van der Waals surface area contributed by atoms with Gasteiger partial charge in [0.25, 0.3) is 0 Å². The third-order valence-electron chi connectivity index (χ3n) is 1.48. The average molecular weight is 395 g/mol. The molecule has 0 heterocycles. The second-order valence-electron chi connectivity index (χ2n) is 2.36. The van der Waals surface area contributed by atoms with Crippen LogP contribution in [0.3, 0.4) is 0 Å². The summed E-state index contributed by atoms with van der Waals surface area (Å²) in [5.74, 6) is 0.159. The van der Waals surface area contributed by atoms with Crippen LogP contribution in [0.5, 0.6) is 5.75 Å². The van der Waals surface area contributed by atoms with Crippen molar-refractivity contribution in [2.45, 2.75) is 11.9 Å². The molecular weight excluding hydrogens is 390 g/mol. The van der Waals surface area contributed by atoms with E-state index in [2.05, 4.69) is 52.5 Å². The van der Waals surface area contributed by atoms with Gasteiger partial charge in [0.1, 0.15) is 5.75 Å². The van der Waals surface area contributed by atoms with Crippen molar-refractivity contribution in [3.05, 3.63) is 26.6 Å². The van der Waals surface area contributed by atoms with Crippen molar-refractivity contribution in [1.82, 2.24) is 0 Å². The van der Waals surface area contributed by atoms with Gasteiger partial charge in [-0.1, -0.05) is 22.0 Å². The van der Waals surface area contributed by atoms with E-state index in [-0.39, 0.29) is 5.75 Å². The molecule has 0 saturated heterocycles. The van der Waals surface area contributed by atoms with E-state index in [0.717, 1.165) is 0 Å². The quantitative estimate of drug-likeness (QED) is 0.675. The molecule has 0 amide bonds. The van der Waals surface area contributed by atoms with Gasteiger partial charge in [-0.3, -0.25) is 0 Å². The van der Waals surface area contributed by atoms with Crippen molar-refractivity contribution >= 4 is 47.8 Å². The second-order valence-corrected chi connectivity index (χ2v) is 4.57. The molecule has 1 aromatic rings. The van der Waals surface area contributed by atoms with E-state index >= 15 is 0 Å². The normalized spacial score (nSPS) is 10.7. The standard InChI is InChI=1S/C8H5Br3F2O/c9-3-4-1-2-5(10)6(11)7(4)14-8(12)13/h1-2,8H,3H2. The predicted molar refractivity (Wildman–Crippen MR) is 61.1 cm³/mol. The Balaban J connectivity index is 3.14. The number of hydrogen-bond acceptors (Lipinski definition) is 1. The molecule has 1 aromatic carbocycles. The molecule has 0 aliphatic carbocycles. The third kappa shape index (κ3) is 2.90. The fourth-order valence-electron chi connectivity index (χ4n) is 0.894. The molecule has 0 atom stereocenters. The van der Waals surface area contributed by atoms with Gasteiger partial charge < -0.3 is 4.74 Å². The maximum Gasteiger partial charge on any atom is 0.387 e. The lowest BCUT2D eigenvalue weighted by Crippen LogP contribution is -2.04. The van der Waals surface area contributed by atoms with E-state index in [0.29, 0.717) is 19.8 Å². The van der Waals surface area contributed by atoms with Gasteiger partial charge in [-0.15, -0.1) is 0 Å². The number of hydrogen-bond donors (Lipinski definition) is 0. The second kappa shape index (κ2) is 5.42. The van der Waals surface area contributed by atoms with Crippen LogP contribution in [0.2, 0.25) is 0 Å². The summed E-state index contributed by atoms with van der Waals surface area (Å²) in [5.41, 5.74) is 0.667. The first-order valence-corrected chi connectivity index (χ1v) is 6.24. The molecule has 0 bridgehead atoms. The molecule has 0 saturated carbocycles. The summed E-state index contributed by atoms with van der Waals surface area (Å²) >= 11 is 9.58. The highest BCUT2D eigenvalue weighted by Gasteiger charge is 2.14. The number of halogens is 5. The zero-order valence-corrected chi connectivity index (χ0v) is 11.5. The summed E-state index contributed by atoms with van der Waals surface area (Å²) in [6.07, 6.45) is 0. The fraction of sp³-hybridized carbons (Fsp3) is 0.250. The first-order chi connectivity index (χ1) is 6.56. The molecule has 14 heavy (non-hydrogen) atoms. The Labute approximate surface area is 105 Å². The zero-order valence-electron chi connectivity index (χ0n) is 6.74. The van der Waals surface area contributed by atoms with Crippen LogP contribution >= 0.6 is 47.8 Å². The summed E-state index contributed by atoms with van der Waals surface area (Å²) in [6, 6.07) is 3.47. The molecule has 0 spiro atoms. The summed E-state index contributed by atoms with van der Waals surface area (Å²) in [4.78, 5) is 0. The minimum Gasteiger partial charge on any atom is -0.433 e. The van der Waals surface area contributed by atoms with E-state index in [1.807, 2.05) is 0 Å². The van der Waals surface area contributed by atoms with Crippen LogP contribution in [0.1, 0.15) is 5.56 Å². The zero-order chi connectivity index (χ0) is 10.7. The van der Waals surface area contributed by atoms with Gasteiger partial charge in [0, 0.05) is 15.4 Å². The Morgan fingerprint density at radius 2 is 1.93 bits per heavy atom. The van der Waals surface area contributed by atoms with Crippen LogP contribution in [0, 0.1) is 0 Å². The van der Waals surface area contributed by atoms with Gasteiger partial charge >= 0.3 is 6.61 Å². The highest BCUT2D eigenvalue weighted by atomic mass is 79.9. The average Bonchev–Trinajstić information content (AvgIpc) is 2.13. The Morgan fingerprint density at radius 3 is 2.43 bits per heavy atom. The van der Waals surface area contributed by atoms with Crippen molar-refractivity contribution in [3.63, 3.8) is 0 Å². The highest BCUT2D eigenvalue weighted by Crippen LogP contribution is 2.37. The number of benzene rings is 1. The molecule has 6 heteroatoms. The van der Waals surface area contributed by atoms with Gasteiger partial charge in [-0.2, -0.15) is 8.78 Å². The third-order valence-corrected chi connectivity index (χ3v) is 4.07. The topological polar surface area (TPSA) is 9.23 Å². The largest absolute Gasteiger partial charge is 0.433 e. The Hall–Kier alpha value is 0.320. The van der Waals surface area contributed by atoms with Gasteiger partial charge in [-0.05, 0) is 37.9 Å². The maximum absolute atomic E-state index is 12.1. The first-order valence-electron chi connectivity index (χ1n) is 3.54. The Morgan fingerprint density at radius 1 is 1.29 bits per heavy atom. The molecule has 78 valence electrons. The van der Waals surface area contributed by atoms with Crippen molar-refractivity contribution in [1.29, 1.82) is 0 Å². The van der Waals surface area contributed by atoms with Crippen LogP contribution in [0.25, 0.3) is 0 Å². The van der Waals surface area contributed by atoms with Crippen LogP contribution in [0.4, 0.5) is 8.78 Å². The maximum atomic E-state index is 12.1. The number of rotatable bonds is 3. The lowest BCUT2D eigenvalue weighted by Gasteiger charge is -2.11. The lowest BCUT2D eigenvalue weighted by atomic mass is 10.2. The Bertz CT molecular complexity index is 331. The van der Waals surface area contributed by atoms with E-state index in [4.69, 9.17) is 0 Å². The molecule has 0 N–H and O–H groups in total. The van der Waals surface area contributed by atoms with Gasteiger partial charge in [0.2, 0.25) is 0 Å². The first kappa shape index (κ1) is 12.4. The number of alkyl halides is 3. The van der Waals surface area contributed by atoms with E-state index in [9.17, 15) is 8.78 Å². The molecule has 0 unspecified atom stereocenters. The molecule has 0 aliphatic heterocycles. The SMILES string of the molecule is FC(F)Oc1c(CBr)ccc(Br)c1Br. The van der Waals surface area contributed by atoms with E-state index in [1.54, 1.807) is 12.1 Å². The van der Waals surface area contributed by atoms with Gasteiger partial charge in [0.05, 0.1) is 4.47 Å². The van der Waals surface area contributed by atoms with E-state index < -0.39 is 6.61 Å². The number of ether oxygens (including phenoxy) is 1. The summed E-state index contributed by atoms with van der Waals surface area (Å²) in [5, 5.41) is 0.459. The molecule has 1 nitrogen and oxygen atoms in total. The Kier molecular flexibility index (Phi) is 4.79. The van der Waals surface area contributed by atoms with Crippen LogP contribution < -0.4 is 4.74 Å². The van der Waals surface area contributed by atoms with Crippen LogP contribution in [-0.2, 0) is 5.33 Å². The van der Waals surface area contributed by atoms with Crippen molar-refractivity contribution in [2.24, 2.45) is 0 Å². The monoisotopic (exact) mass is 392 g/mol. The van der Waals surface area contributed by atoms with Crippen molar-refractivity contribution < 1.29 is 13.5 Å². The van der Waals surface area contributed by atoms with Gasteiger partial charge in [0.15, 0.2) is 0 Å². The molecular formula is C8H5Br3F2O. The smallest absolute Gasteiger partial charge is 0.387 e. The molecule has 0 aromatic heterocycles.